The summed E-state index contributed by atoms with van der Waals surface area (Å²) in [5.41, 5.74) is 3.55. The number of carbonyl (C=O) groups is 3. The van der Waals surface area contributed by atoms with Crippen LogP contribution in [0.15, 0.2) is 0 Å². The third kappa shape index (κ3) is 2.92. The van der Waals surface area contributed by atoms with Crippen molar-refractivity contribution in [3.05, 3.63) is 0 Å². The summed E-state index contributed by atoms with van der Waals surface area (Å²) in [5.74, 6) is -6.43. The first-order valence-electron chi connectivity index (χ1n) is 6.83. The van der Waals surface area contributed by atoms with Gasteiger partial charge in [0.15, 0.2) is 15.4 Å². The Morgan fingerprint density at radius 2 is 2.00 bits per heavy atom. The fourth-order valence-electron chi connectivity index (χ4n) is 3.19. The van der Waals surface area contributed by atoms with Crippen LogP contribution in [0.5, 0.6) is 0 Å². The number of sulfone groups is 1. The molecule has 1 aliphatic heterocycles. The van der Waals surface area contributed by atoms with Gasteiger partial charge < -0.3 is 21.3 Å². The van der Waals surface area contributed by atoms with Crippen molar-refractivity contribution in [1.29, 1.82) is 0 Å². The number of carboxylic acids is 2. The van der Waals surface area contributed by atoms with Gasteiger partial charge in [-0.2, -0.15) is 11.8 Å². The van der Waals surface area contributed by atoms with E-state index < -0.39 is 62.1 Å². The molecule has 1 saturated carbocycles. The fourth-order valence-corrected chi connectivity index (χ4v) is 6.38. The second kappa shape index (κ2) is 5.95. The van der Waals surface area contributed by atoms with E-state index >= 15 is 0 Å². The minimum Gasteiger partial charge on any atom is -0.481 e. The number of thioether (sulfide) groups is 1. The summed E-state index contributed by atoms with van der Waals surface area (Å²) in [6.45, 7) is 0. The molecule has 2 rings (SSSR count). The summed E-state index contributed by atoms with van der Waals surface area (Å²) in [4.78, 5) is 34.9. The van der Waals surface area contributed by atoms with E-state index in [-0.39, 0.29) is 0 Å². The largest absolute Gasteiger partial charge is 0.481 e. The summed E-state index contributed by atoms with van der Waals surface area (Å²) in [6.07, 6.45) is 2.12. The monoisotopic (exact) mass is 366 g/mol. The van der Waals surface area contributed by atoms with Gasteiger partial charge in [-0.25, -0.2) is 13.2 Å². The van der Waals surface area contributed by atoms with Gasteiger partial charge in [0.05, 0.1) is 23.0 Å². The molecule has 0 spiro atoms. The maximum Gasteiger partial charge on any atom is 0.330 e. The Bertz CT molecular complexity index is 650. The highest BCUT2D eigenvalue weighted by molar-refractivity contribution is 7.98. The number of hydrogen-bond acceptors (Lipinski definition) is 7. The van der Waals surface area contributed by atoms with E-state index in [1.165, 1.54) is 11.8 Å². The van der Waals surface area contributed by atoms with Crippen LogP contribution >= 0.6 is 11.8 Å². The van der Waals surface area contributed by atoms with E-state index in [0.717, 1.165) is 0 Å². The minimum absolute atomic E-state index is 0.298. The lowest BCUT2D eigenvalue weighted by Gasteiger charge is -2.28. The molecule has 130 valence electrons. The van der Waals surface area contributed by atoms with E-state index in [2.05, 4.69) is 5.32 Å². The molecule has 1 aliphatic carbocycles. The number of rotatable bonds is 7. The predicted molar refractivity (Wildman–Crippen MR) is 81.7 cm³/mol. The van der Waals surface area contributed by atoms with Crippen LogP contribution < -0.4 is 11.1 Å². The first kappa shape index (κ1) is 18.0. The molecule has 5 N–H and O–H groups in total. The number of fused-ring (bicyclic) bond motifs is 1. The van der Waals surface area contributed by atoms with Crippen LogP contribution in [0.2, 0.25) is 0 Å². The molecule has 0 bridgehead atoms. The molecule has 1 saturated heterocycles. The van der Waals surface area contributed by atoms with E-state index in [1.807, 2.05) is 6.26 Å². The van der Waals surface area contributed by atoms with Gasteiger partial charge in [-0.05, 0) is 18.4 Å². The van der Waals surface area contributed by atoms with E-state index in [0.29, 0.717) is 12.2 Å². The molecule has 1 amide bonds. The Balaban J connectivity index is 2.26. The van der Waals surface area contributed by atoms with Crippen molar-refractivity contribution < 1.29 is 33.0 Å². The first-order chi connectivity index (χ1) is 10.6. The van der Waals surface area contributed by atoms with Crippen LogP contribution in [0, 0.1) is 11.8 Å². The zero-order valence-electron chi connectivity index (χ0n) is 12.3. The average Bonchev–Trinajstić information content (AvgIpc) is 3.15. The second-order valence-electron chi connectivity index (χ2n) is 5.82. The van der Waals surface area contributed by atoms with Crippen LogP contribution in [-0.2, 0) is 24.2 Å². The summed E-state index contributed by atoms with van der Waals surface area (Å²) in [6, 6.07) is -0.984. The SMILES string of the molecule is CSCC[C@H](N)C(=O)N[C@@]1(C(=O)O)CS(=O)(=O)[C@H]2C(C(=O)O)[C@H]21. The third-order valence-corrected chi connectivity index (χ3v) is 7.27. The zero-order valence-corrected chi connectivity index (χ0v) is 13.9. The van der Waals surface area contributed by atoms with Crippen LogP contribution in [-0.4, -0.2) is 71.1 Å². The van der Waals surface area contributed by atoms with Crippen molar-refractivity contribution in [2.75, 3.05) is 17.8 Å². The average molecular weight is 366 g/mol. The van der Waals surface area contributed by atoms with Gasteiger partial charge in [-0.15, -0.1) is 0 Å². The maximum atomic E-state index is 12.1. The maximum absolute atomic E-state index is 12.1. The number of aliphatic carboxylic acids is 2. The van der Waals surface area contributed by atoms with Gasteiger partial charge in [-0.1, -0.05) is 0 Å². The first-order valence-corrected chi connectivity index (χ1v) is 9.93. The predicted octanol–water partition coefficient (Wildman–Crippen LogP) is -1.87. The molecule has 23 heavy (non-hydrogen) atoms. The Labute approximate surface area is 136 Å². The topological polar surface area (TPSA) is 164 Å². The molecule has 1 heterocycles. The number of amides is 1. The van der Waals surface area contributed by atoms with Crippen molar-refractivity contribution in [2.45, 2.75) is 23.3 Å². The van der Waals surface area contributed by atoms with Gasteiger partial charge in [0.25, 0.3) is 0 Å². The molecule has 0 radical (unpaired) electrons. The molecular weight excluding hydrogens is 348 g/mol. The molecule has 5 atom stereocenters. The number of hydrogen-bond donors (Lipinski definition) is 4. The van der Waals surface area contributed by atoms with Crippen LogP contribution in [0.3, 0.4) is 0 Å². The van der Waals surface area contributed by atoms with Crippen LogP contribution in [0.4, 0.5) is 0 Å². The summed E-state index contributed by atoms with van der Waals surface area (Å²) >= 11 is 1.46. The Morgan fingerprint density at radius 3 is 2.43 bits per heavy atom. The number of nitrogens with two attached hydrogens (primary N) is 1. The number of nitrogens with one attached hydrogen (secondary N) is 1. The molecule has 2 aliphatic rings. The second-order valence-corrected chi connectivity index (χ2v) is 8.96. The van der Waals surface area contributed by atoms with Gasteiger partial charge in [0.2, 0.25) is 5.91 Å². The molecule has 9 nitrogen and oxygen atoms in total. The molecule has 1 unspecified atom stereocenters. The van der Waals surface area contributed by atoms with Crippen LogP contribution in [0.1, 0.15) is 6.42 Å². The lowest BCUT2D eigenvalue weighted by molar-refractivity contribution is -0.148. The molecular formula is C12H18N2O7S2. The number of carbonyl (C=O) groups excluding carboxylic acids is 1. The summed E-state index contributed by atoms with van der Waals surface area (Å²) in [7, 11) is -3.91. The van der Waals surface area contributed by atoms with Gasteiger partial charge in [0.1, 0.15) is 0 Å². The smallest absolute Gasteiger partial charge is 0.330 e. The molecule has 11 heteroatoms. The fraction of sp³-hybridized carbons (Fsp3) is 0.750. The zero-order chi connectivity index (χ0) is 17.6. The third-order valence-electron chi connectivity index (χ3n) is 4.35. The molecule has 2 fully saturated rings. The molecule has 0 aromatic rings. The normalized spacial score (nSPS) is 35.1. The van der Waals surface area contributed by atoms with Crippen molar-refractivity contribution in [3.63, 3.8) is 0 Å². The quantitative estimate of drug-likeness (QED) is 0.404. The summed E-state index contributed by atoms with van der Waals surface area (Å²) in [5, 5.41) is 19.5. The van der Waals surface area contributed by atoms with Crippen LogP contribution in [0.25, 0.3) is 0 Å². The minimum atomic E-state index is -3.91. The highest BCUT2D eigenvalue weighted by atomic mass is 32.2. The highest BCUT2D eigenvalue weighted by Crippen LogP contribution is 2.57. The van der Waals surface area contributed by atoms with E-state index in [4.69, 9.17) is 10.8 Å². The van der Waals surface area contributed by atoms with Gasteiger partial charge >= 0.3 is 11.9 Å². The summed E-state index contributed by atoms with van der Waals surface area (Å²) < 4.78 is 24.1. The Morgan fingerprint density at radius 1 is 1.39 bits per heavy atom. The Kier molecular flexibility index (Phi) is 4.66. The van der Waals surface area contributed by atoms with E-state index in [1.54, 1.807) is 0 Å². The standard InChI is InChI=1S/C12H18N2O7S2/c1-22-3-2-5(13)9(15)14-12(11(18)19)4-23(20,21)8-6(7(8)12)10(16)17/h5-8H,2-4,13H2,1H3,(H,14,15)(H,16,17)(H,18,19)/t5-,6?,7+,8-,12-/m0/s1. The lowest BCUT2D eigenvalue weighted by Crippen LogP contribution is -2.61. The number of carboxylic acid groups (broad SMARTS) is 2. The van der Waals surface area contributed by atoms with Gasteiger partial charge in [0, 0.05) is 5.92 Å². The molecule has 0 aromatic carbocycles. The van der Waals surface area contributed by atoms with Crippen molar-refractivity contribution in [3.8, 4) is 0 Å². The van der Waals surface area contributed by atoms with Crippen molar-refractivity contribution in [1.82, 2.24) is 5.32 Å². The van der Waals surface area contributed by atoms with Crippen molar-refractivity contribution >= 4 is 39.4 Å². The van der Waals surface area contributed by atoms with E-state index in [9.17, 15) is 27.9 Å². The highest BCUT2D eigenvalue weighted by Gasteiger charge is 2.79. The molecule has 0 aromatic heterocycles. The lowest BCUT2D eigenvalue weighted by atomic mass is 9.93. The Hall–Kier alpha value is -1.33. The van der Waals surface area contributed by atoms with Gasteiger partial charge in [-0.3, -0.25) is 9.59 Å². The van der Waals surface area contributed by atoms with Crippen molar-refractivity contribution in [2.24, 2.45) is 17.6 Å².